The zero-order chi connectivity index (χ0) is 15.2. The molecule has 1 heterocycles. The Hall–Kier alpha value is -1.55. The molecule has 0 aromatic heterocycles. The van der Waals surface area contributed by atoms with E-state index in [4.69, 9.17) is 4.74 Å². The van der Waals surface area contributed by atoms with Crippen molar-refractivity contribution in [1.82, 2.24) is 10.2 Å². The molecular formula is C17H26N2O2. The van der Waals surface area contributed by atoms with Crippen molar-refractivity contribution in [1.29, 1.82) is 0 Å². The van der Waals surface area contributed by atoms with Crippen LogP contribution in [0.2, 0.25) is 0 Å². The molecule has 1 fully saturated rings. The van der Waals surface area contributed by atoms with E-state index < -0.39 is 0 Å². The number of carbonyl (C=O) groups is 1. The molecule has 1 aliphatic rings. The van der Waals surface area contributed by atoms with Gasteiger partial charge in [-0.15, -0.1) is 0 Å². The van der Waals surface area contributed by atoms with Crippen LogP contribution in [0.4, 0.5) is 0 Å². The number of ether oxygens (including phenoxy) is 1. The molecule has 21 heavy (non-hydrogen) atoms. The summed E-state index contributed by atoms with van der Waals surface area (Å²) >= 11 is 0. The first-order valence-electron chi connectivity index (χ1n) is 7.90. The lowest BCUT2D eigenvalue weighted by Crippen LogP contribution is -2.48. The monoisotopic (exact) mass is 290 g/mol. The van der Waals surface area contributed by atoms with Crippen LogP contribution in [0.5, 0.6) is 5.75 Å². The van der Waals surface area contributed by atoms with Gasteiger partial charge < -0.3 is 15.0 Å². The first-order valence-corrected chi connectivity index (χ1v) is 7.90. The number of benzene rings is 1. The summed E-state index contributed by atoms with van der Waals surface area (Å²) in [5.74, 6) is 0.856. The van der Waals surface area contributed by atoms with Crippen LogP contribution in [-0.4, -0.2) is 42.6 Å². The van der Waals surface area contributed by atoms with Crippen molar-refractivity contribution >= 4 is 5.91 Å². The van der Waals surface area contributed by atoms with Gasteiger partial charge in [0.2, 0.25) is 0 Å². The Kier molecular flexibility index (Phi) is 5.62. The van der Waals surface area contributed by atoms with Gasteiger partial charge in [-0.1, -0.05) is 6.07 Å². The third-order valence-corrected chi connectivity index (χ3v) is 3.77. The standard InChI is InChI=1S/C17H26N2O2/c1-4-19(15-8-6-10-18-12-15)17(20)14-7-5-9-16(11-14)21-13(2)3/h5,7,9,11,13,15,18H,4,6,8,10,12H2,1-3H3. The summed E-state index contributed by atoms with van der Waals surface area (Å²) in [7, 11) is 0. The van der Waals surface area contributed by atoms with E-state index in [1.807, 2.05) is 49.9 Å². The molecule has 0 radical (unpaired) electrons. The summed E-state index contributed by atoms with van der Waals surface area (Å²) in [4.78, 5) is 14.7. The van der Waals surface area contributed by atoms with Gasteiger partial charge in [0.1, 0.15) is 5.75 Å². The fraction of sp³-hybridized carbons (Fsp3) is 0.588. The van der Waals surface area contributed by atoms with Gasteiger partial charge in [0.15, 0.2) is 0 Å². The molecule has 0 aliphatic carbocycles. The van der Waals surface area contributed by atoms with Crippen LogP contribution in [0.3, 0.4) is 0 Å². The largest absolute Gasteiger partial charge is 0.491 e. The van der Waals surface area contributed by atoms with Crippen molar-refractivity contribution in [3.63, 3.8) is 0 Å². The topological polar surface area (TPSA) is 41.6 Å². The second-order valence-corrected chi connectivity index (χ2v) is 5.79. The molecular weight excluding hydrogens is 264 g/mol. The van der Waals surface area contributed by atoms with Gasteiger partial charge in [-0.05, 0) is 58.4 Å². The van der Waals surface area contributed by atoms with E-state index in [2.05, 4.69) is 5.32 Å². The molecule has 1 saturated heterocycles. The molecule has 0 spiro atoms. The summed E-state index contributed by atoms with van der Waals surface area (Å²) in [5, 5.41) is 3.37. The Bertz CT molecular complexity index is 468. The van der Waals surface area contributed by atoms with Crippen molar-refractivity contribution in [2.24, 2.45) is 0 Å². The van der Waals surface area contributed by atoms with Gasteiger partial charge in [0.25, 0.3) is 5.91 Å². The molecule has 1 amide bonds. The Balaban J connectivity index is 2.13. The van der Waals surface area contributed by atoms with Gasteiger partial charge in [-0.3, -0.25) is 4.79 Å². The lowest BCUT2D eigenvalue weighted by Gasteiger charge is -2.34. The molecule has 2 rings (SSSR count). The zero-order valence-electron chi connectivity index (χ0n) is 13.3. The number of carbonyl (C=O) groups excluding carboxylic acids is 1. The number of likely N-dealkylation sites (N-methyl/N-ethyl adjacent to an activating group) is 1. The fourth-order valence-corrected chi connectivity index (χ4v) is 2.81. The minimum absolute atomic E-state index is 0.0976. The highest BCUT2D eigenvalue weighted by molar-refractivity contribution is 5.94. The smallest absolute Gasteiger partial charge is 0.254 e. The second kappa shape index (κ2) is 7.46. The lowest BCUT2D eigenvalue weighted by molar-refractivity contribution is 0.0661. The van der Waals surface area contributed by atoms with Crippen LogP contribution in [0, 0.1) is 0 Å². The van der Waals surface area contributed by atoms with Crippen molar-refractivity contribution in [2.45, 2.75) is 45.8 Å². The third kappa shape index (κ3) is 4.21. The first-order chi connectivity index (χ1) is 10.1. The van der Waals surface area contributed by atoms with Crippen molar-refractivity contribution < 1.29 is 9.53 Å². The number of rotatable bonds is 5. The number of nitrogens with one attached hydrogen (secondary N) is 1. The summed E-state index contributed by atoms with van der Waals surface area (Å²) in [6, 6.07) is 7.80. The van der Waals surface area contributed by atoms with Crippen LogP contribution < -0.4 is 10.1 Å². The van der Waals surface area contributed by atoms with Crippen molar-refractivity contribution in [3.8, 4) is 5.75 Å². The van der Waals surface area contributed by atoms with Crippen LogP contribution >= 0.6 is 0 Å². The van der Waals surface area contributed by atoms with E-state index in [1.54, 1.807) is 0 Å². The lowest BCUT2D eigenvalue weighted by atomic mass is 10.0. The Labute approximate surface area is 127 Å². The minimum Gasteiger partial charge on any atom is -0.491 e. The number of amides is 1. The molecule has 1 N–H and O–H groups in total. The van der Waals surface area contributed by atoms with Gasteiger partial charge in [-0.2, -0.15) is 0 Å². The highest BCUT2D eigenvalue weighted by Gasteiger charge is 2.25. The van der Waals surface area contributed by atoms with Crippen LogP contribution in [0.1, 0.15) is 44.0 Å². The predicted octanol–water partition coefficient (Wildman–Crippen LogP) is 2.69. The molecule has 4 nitrogen and oxygen atoms in total. The van der Waals surface area contributed by atoms with Crippen molar-refractivity contribution in [2.75, 3.05) is 19.6 Å². The molecule has 0 bridgehead atoms. The maximum atomic E-state index is 12.8. The van der Waals surface area contributed by atoms with Gasteiger partial charge in [0.05, 0.1) is 6.10 Å². The normalized spacial score (nSPS) is 18.6. The molecule has 0 saturated carbocycles. The summed E-state index contributed by atoms with van der Waals surface area (Å²) in [6.45, 7) is 8.70. The van der Waals surface area contributed by atoms with E-state index in [0.717, 1.165) is 38.2 Å². The first kappa shape index (κ1) is 15.8. The minimum atomic E-state index is 0.0976. The average Bonchev–Trinajstić information content (AvgIpc) is 2.48. The molecule has 1 aromatic rings. The van der Waals surface area contributed by atoms with E-state index in [1.165, 1.54) is 0 Å². The number of piperidine rings is 1. The van der Waals surface area contributed by atoms with Crippen LogP contribution in [0.25, 0.3) is 0 Å². The SMILES string of the molecule is CCN(C(=O)c1cccc(OC(C)C)c1)C1CCCNC1. The zero-order valence-corrected chi connectivity index (χ0v) is 13.3. The maximum absolute atomic E-state index is 12.8. The van der Waals surface area contributed by atoms with Gasteiger partial charge in [-0.25, -0.2) is 0 Å². The second-order valence-electron chi connectivity index (χ2n) is 5.79. The Morgan fingerprint density at radius 3 is 2.90 bits per heavy atom. The van der Waals surface area contributed by atoms with E-state index in [0.29, 0.717) is 11.6 Å². The van der Waals surface area contributed by atoms with E-state index >= 15 is 0 Å². The third-order valence-electron chi connectivity index (χ3n) is 3.77. The average molecular weight is 290 g/mol. The summed E-state index contributed by atoms with van der Waals surface area (Å²) < 4.78 is 5.68. The summed E-state index contributed by atoms with van der Waals surface area (Å²) in [5.41, 5.74) is 0.709. The highest BCUT2D eigenvalue weighted by atomic mass is 16.5. The number of hydrogen-bond donors (Lipinski definition) is 1. The Morgan fingerprint density at radius 2 is 2.29 bits per heavy atom. The van der Waals surface area contributed by atoms with Crippen LogP contribution in [-0.2, 0) is 0 Å². The van der Waals surface area contributed by atoms with Gasteiger partial charge >= 0.3 is 0 Å². The number of hydrogen-bond acceptors (Lipinski definition) is 3. The van der Waals surface area contributed by atoms with Gasteiger partial charge in [0, 0.05) is 24.7 Å². The highest BCUT2D eigenvalue weighted by Crippen LogP contribution is 2.19. The molecule has 1 unspecified atom stereocenters. The predicted molar refractivity (Wildman–Crippen MR) is 84.8 cm³/mol. The molecule has 1 aromatic carbocycles. The van der Waals surface area contributed by atoms with E-state index in [-0.39, 0.29) is 12.0 Å². The van der Waals surface area contributed by atoms with Crippen LogP contribution in [0.15, 0.2) is 24.3 Å². The van der Waals surface area contributed by atoms with E-state index in [9.17, 15) is 4.79 Å². The fourth-order valence-electron chi connectivity index (χ4n) is 2.81. The Morgan fingerprint density at radius 1 is 1.48 bits per heavy atom. The maximum Gasteiger partial charge on any atom is 0.254 e. The van der Waals surface area contributed by atoms with Crippen molar-refractivity contribution in [3.05, 3.63) is 29.8 Å². The quantitative estimate of drug-likeness (QED) is 0.906. The molecule has 4 heteroatoms. The number of nitrogens with zero attached hydrogens (tertiary/aromatic N) is 1. The molecule has 1 atom stereocenters. The summed E-state index contributed by atoms with van der Waals surface area (Å²) in [6.07, 6.45) is 2.32. The molecule has 116 valence electrons. The molecule has 1 aliphatic heterocycles.